The van der Waals surface area contributed by atoms with Gasteiger partial charge in [-0.1, -0.05) is 24.8 Å². The zero-order valence-corrected chi connectivity index (χ0v) is 22.2. The lowest BCUT2D eigenvalue weighted by Crippen LogP contribution is -2.56. The molecule has 1 aliphatic carbocycles. The van der Waals surface area contributed by atoms with Gasteiger partial charge in [0.15, 0.2) is 0 Å². The third kappa shape index (κ3) is 5.85. The number of aryl methyl sites for hydroxylation is 1. The number of allylic oxidation sites excluding steroid dienone is 1. The minimum Gasteiger partial charge on any atom is -0.382 e. The standard InChI is InChI=1S/C29H33F3N6O/c1-19(29(30,31)32)26-23-7-4-8-25(35-21-9-11-28(12-10-21)17-37(2)18-28)24(23)14-22(36-26)6-5-13-33-27(39)20-15-34-38(3)16-20/h4-8,14-16,21,35H,1,9-13,17-18H2,2-3H3,(H,33,39)/b6-5+. The molecule has 7 nitrogen and oxygen atoms in total. The van der Waals surface area contributed by atoms with Crippen LogP contribution in [0.25, 0.3) is 22.4 Å². The molecule has 3 heterocycles. The number of carbonyl (C=O) groups excluding carboxylic acids is 1. The van der Waals surface area contributed by atoms with Gasteiger partial charge in [0.2, 0.25) is 0 Å². The average molecular weight is 539 g/mol. The second kappa shape index (κ2) is 10.5. The summed E-state index contributed by atoms with van der Waals surface area (Å²) in [6.45, 7) is 5.79. The van der Waals surface area contributed by atoms with E-state index in [9.17, 15) is 18.0 Å². The predicted molar refractivity (Wildman–Crippen MR) is 147 cm³/mol. The molecule has 1 aliphatic heterocycles. The molecule has 1 saturated carbocycles. The van der Waals surface area contributed by atoms with Crippen molar-refractivity contribution in [2.24, 2.45) is 12.5 Å². The number of pyridine rings is 1. The van der Waals surface area contributed by atoms with E-state index >= 15 is 0 Å². The maximum atomic E-state index is 13.7. The molecule has 3 aromatic rings. The summed E-state index contributed by atoms with van der Waals surface area (Å²) in [7, 11) is 3.86. The van der Waals surface area contributed by atoms with Crippen molar-refractivity contribution in [2.75, 3.05) is 32.0 Å². The molecule has 0 unspecified atom stereocenters. The van der Waals surface area contributed by atoms with E-state index in [0.29, 0.717) is 27.4 Å². The van der Waals surface area contributed by atoms with Crippen LogP contribution in [0.2, 0.25) is 0 Å². The maximum absolute atomic E-state index is 13.7. The third-order valence-corrected chi connectivity index (χ3v) is 7.78. The quantitative estimate of drug-likeness (QED) is 0.429. The van der Waals surface area contributed by atoms with Gasteiger partial charge in [-0.25, -0.2) is 4.98 Å². The Hall–Kier alpha value is -3.66. The molecule has 39 heavy (non-hydrogen) atoms. The summed E-state index contributed by atoms with van der Waals surface area (Å²) in [6, 6.07) is 7.37. The van der Waals surface area contributed by atoms with Crippen LogP contribution in [0.15, 0.2) is 49.3 Å². The van der Waals surface area contributed by atoms with Gasteiger partial charge >= 0.3 is 6.18 Å². The first-order valence-electron chi connectivity index (χ1n) is 13.1. The van der Waals surface area contributed by atoms with Crippen molar-refractivity contribution in [1.82, 2.24) is 25.0 Å². The number of nitrogens with zero attached hydrogens (tertiary/aromatic N) is 4. The van der Waals surface area contributed by atoms with Crippen LogP contribution in [-0.2, 0) is 7.05 Å². The first-order chi connectivity index (χ1) is 18.5. The molecule has 2 aliphatic rings. The zero-order chi connectivity index (χ0) is 27.8. The number of likely N-dealkylation sites (tertiary alicyclic amines) is 1. The zero-order valence-electron chi connectivity index (χ0n) is 22.2. The van der Waals surface area contributed by atoms with E-state index in [-0.39, 0.29) is 24.2 Å². The second-order valence-corrected chi connectivity index (χ2v) is 10.9. The summed E-state index contributed by atoms with van der Waals surface area (Å²) in [6.07, 6.45) is 6.08. The number of benzene rings is 1. The van der Waals surface area contributed by atoms with E-state index < -0.39 is 11.7 Å². The molecule has 1 amide bonds. The molecule has 2 aromatic heterocycles. The number of aromatic nitrogens is 3. The normalized spacial score (nSPS) is 18.0. The molecule has 2 N–H and O–H groups in total. The predicted octanol–water partition coefficient (Wildman–Crippen LogP) is 5.27. The van der Waals surface area contributed by atoms with Gasteiger partial charge in [-0.15, -0.1) is 0 Å². The third-order valence-electron chi connectivity index (χ3n) is 7.78. The Morgan fingerprint density at radius 2 is 1.95 bits per heavy atom. The van der Waals surface area contributed by atoms with E-state index in [0.717, 1.165) is 44.5 Å². The number of nitrogens with one attached hydrogen (secondary N) is 2. The molecule has 5 rings (SSSR count). The van der Waals surface area contributed by atoms with Crippen molar-refractivity contribution in [2.45, 2.75) is 37.9 Å². The molecule has 0 atom stereocenters. The monoisotopic (exact) mass is 538 g/mol. The van der Waals surface area contributed by atoms with Crippen LogP contribution in [0.3, 0.4) is 0 Å². The number of amides is 1. The summed E-state index contributed by atoms with van der Waals surface area (Å²) in [4.78, 5) is 18.9. The van der Waals surface area contributed by atoms with E-state index in [2.05, 4.69) is 39.2 Å². The highest BCUT2D eigenvalue weighted by atomic mass is 19.4. The lowest BCUT2D eigenvalue weighted by atomic mass is 9.67. The van der Waals surface area contributed by atoms with Crippen LogP contribution in [-0.4, -0.2) is 64.5 Å². The van der Waals surface area contributed by atoms with Crippen LogP contribution < -0.4 is 10.6 Å². The fourth-order valence-electron chi connectivity index (χ4n) is 5.85. The maximum Gasteiger partial charge on any atom is 0.417 e. The minimum absolute atomic E-state index is 0.182. The topological polar surface area (TPSA) is 75.1 Å². The largest absolute Gasteiger partial charge is 0.417 e. The van der Waals surface area contributed by atoms with Crippen LogP contribution in [0.5, 0.6) is 0 Å². The van der Waals surface area contributed by atoms with Crippen molar-refractivity contribution in [3.8, 4) is 0 Å². The Bertz CT molecular complexity index is 1410. The van der Waals surface area contributed by atoms with Crippen molar-refractivity contribution in [3.05, 3.63) is 66.3 Å². The highest BCUT2D eigenvalue weighted by Crippen LogP contribution is 2.44. The number of anilines is 1. The van der Waals surface area contributed by atoms with Gasteiger partial charge in [0.05, 0.1) is 28.7 Å². The average Bonchev–Trinajstić information content (AvgIpc) is 3.32. The number of halogens is 3. The fraction of sp³-hybridized carbons (Fsp3) is 0.414. The van der Waals surface area contributed by atoms with Gasteiger partial charge in [0, 0.05) is 55.4 Å². The number of fused-ring (bicyclic) bond motifs is 1. The van der Waals surface area contributed by atoms with Gasteiger partial charge in [-0.3, -0.25) is 9.48 Å². The second-order valence-electron chi connectivity index (χ2n) is 10.9. The molecule has 0 bridgehead atoms. The summed E-state index contributed by atoms with van der Waals surface area (Å²) < 4.78 is 42.7. The molecular formula is C29H33F3N6O. The minimum atomic E-state index is -4.61. The summed E-state index contributed by atoms with van der Waals surface area (Å²) in [5, 5.41) is 11.4. The van der Waals surface area contributed by atoms with E-state index in [1.54, 1.807) is 43.6 Å². The lowest BCUT2D eigenvalue weighted by Gasteiger charge is -2.52. The number of hydrogen-bond donors (Lipinski definition) is 2. The Morgan fingerprint density at radius 1 is 1.21 bits per heavy atom. The van der Waals surface area contributed by atoms with Gasteiger partial charge in [-0.05, 0) is 56.4 Å². The SMILES string of the molecule is C=C(c1nc(/C=C/CNC(=O)c2cnn(C)c2)cc2c(NC3CCC4(CC3)CN(C)C4)cccc12)C(F)(F)F. The fourth-order valence-corrected chi connectivity index (χ4v) is 5.85. The number of rotatable bonds is 7. The molecular weight excluding hydrogens is 505 g/mol. The van der Waals surface area contributed by atoms with Crippen molar-refractivity contribution < 1.29 is 18.0 Å². The highest BCUT2D eigenvalue weighted by molar-refractivity contribution is 6.01. The van der Waals surface area contributed by atoms with Gasteiger partial charge in [0.25, 0.3) is 5.91 Å². The molecule has 206 valence electrons. The van der Waals surface area contributed by atoms with E-state index in [1.807, 2.05) is 6.07 Å². The number of hydrogen-bond acceptors (Lipinski definition) is 5. The Morgan fingerprint density at radius 3 is 2.59 bits per heavy atom. The lowest BCUT2D eigenvalue weighted by molar-refractivity contribution is -0.0688. The highest BCUT2D eigenvalue weighted by Gasteiger charge is 2.43. The number of alkyl halides is 3. The Labute approximate surface area is 225 Å². The number of carbonyl (C=O) groups is 1. The molecule has 1 aromatic carbocycles. The van der Waals surface area contributed by atoms with Gasteiger partial charge < -0.3 is 15.5 Å². The van der Waals surface area contributed by atoms with Crippen molar-refractivity contribution >= 4 is 34.0 Å². The molecule has 1 saturated heterocycles. The van der Waals surface area contributed by atoms with E-state index in [4.69, 9.17) is 0 Å². The molecule has 0 radical (unpaired) electrons. The molecule has 1 spiro atoms. The van der Waals surface area contributed by atoms with Crippen LogP contribution in [0, 0.1) is 5.41 Å². The van der Waals surface area contributed by atoms with E-state index in [1.165, 1.54) is 10.9 Å². The van der Waals surface area contributed by atoms with Crippen LogP contribution in [0.4, 0.5) is 18.9 Å². The Balaban J connectivity index is 1.38. The first-order valence-corrected chi connectivity index (χ1v) is 13.1. The Kier molecular flexibility index (Phi) is 7.24. The van der Waals surface area contributed by atoms with Crippen molar-refractivity contribution in [3.63, 3.8) is 0 Å². The van der Waals surface area contributed by atoms with Gasteiger partial charge in [0.1, 0.15) is 0 Å². The smallest absolute Gasteiger partial charge is 0.382 e. The molecule has 2 fully saturated rings. The summed E-state index contributed by atoms with van der Waals surface area (Å²) >= 11 is 0. The van der Waals surface area contributed by atoms with Crippen molar-refractivity contribution in [1.29, 1.82) is 0 Å². The summed E-state index contributed by atoms with van der Waals surface area (Å²) in [5.74, 6) is -0.292. The summed E-state index contributed by atoms with van der Waals surface area (Å²) in [5.41, 5.74) is 0.816. The van der Waals surface area contributed by atoms with Gasteiger partial charge in [-0.2, -0.15) is 18.3 Å². The first kappa shape index (κ1) is 26.9. The molecule has 10 heteroatoms. The van der Waals surface area contributed by atoms with Crippen LogP contribution >= 0.6 is 0 Å². The van der Waals surface area contributed by atoms with Crippen LogP contribution in [0.1, 0.15) is 47.4 Å².